The van der Waals surface area contributed by atoms with E-state index in [0.717, 1.165) is 11.1 Å². The summed E-state index contributed by atoms with van der Waals surface area (Å²) in [5.74, 6) is 2.47. The van der Waals surface area contributed by atoms with Crippen LogP contribution in [0.1, 0.15) is 62.6 Å². The summed E-state index contributed by atoms with van der Waals surface area (Å²) in [5, 5.41) is 17.0. The zero-order chi connectivity index (χ0) is 33.2. The lowest BCUT2D eigenvalue weighted by atomic mass is 9.99. The molecule has 5 amide bonds. The van der Waals surface area contributed by atoms with Crippen molar-refractivity contribution < 1.29 is 33.9 Å². The highest BCUT2D eigenvalue weighted by atomic mass is 16.4. The maximum absolute atomic E-state index is 13.3. The second-order valence-corrected chi connectivity index (χ2v) is 11.4. The van der Waals surface area contributed by atoms with Crippen LogP contribution in [0.4, 0.5) is 5.69 Å². The fourth-order valence-corrected chi connectivity index (χ4v) is 5.44. The van der Waals surface area contributed by atoms with Crippen molar-refractivity contribution in [2.45, 2.75) is 64.6 Å². The molecule has 0 radical (unpaired) electrons. The largest absolute Gasteiger partial charge is 0.480 e. The Morgan fingerprint density at radius 2 is 1.57 bits per heavy atom. The van der Waals surface area contributed by atoms with Crippen LogP contribution in [-0.4, -0.2) is 77.2 Å². The van der Waals surface area contributed by atoms with E-state index in [4.69, 9.17) is 0 Å². The van der Waals surface area contributed by atoms with Crippen LogP contribution in [-0.2, 0) is 35.3 Å². The number of hydrogen-bond acceptors (Lipinski definition) is 6. The van der Waals surface area contributed by atoms with Gasteiger partial charge in [-0.25, -0.2) is 4.79 Å². The number of amides is 5. The molecule has 12 heteroatoms. The van der Waals surface area contributed by atoms with Crippen molar-refractivity contribution in [1.82, 2.24) is 20.9 Å². The molecule has 12 nitrogen and oxygen atoms in total. The fourth-order valence-electron chi connectivity index (χ4n) is 5.44. The molecule has 1 saturated heterocycles. The number of para-hydroxylation sites is 1. The molecule has 2 heterocycles. The first-order valence-electron chi connectivity index (χ1n) is 15.4. The molecule has 2 aromatic rings. The number of likely N-dealkylation sites (tertiary alicyclic amines) is 1. The van der Waals surface area contributed by atoms with Crippen LogP contribution in [0.15, 0.2) is 48.5 Å². The van der Waals surface area contributed by atoms with E-state index >= 15 is 0 Å². The summed E-state index contributed by atoms with van der Waals surface area (Å²) in [6.45, 7) is 3.38. The molecule has 2 aromatic carbocycles. The Labute approximate surface area is 267 Å². The van der Waals surface area contributed by atoms with E-state index in [-0.39, 0.29) is 31.2 Å². The number of nitrogens with one attached hydrogen (secondary N) is 3. The number of carboxylic acid groups (broad SMARTS) is 1. The van der Waals surface area contributed by atoms with Gasteiger partial charge in [0.2, 0.25) is 29.5 Å². The van der Waals surface area contributed by atoms with Crippen molar-refractivity contribution in [2.24, 2.45) is 5.92 Å². The number of aliphatic carboxylic acids is 1. The molecule has 46 heavy (non-hydrogen) atoms. The van der Waals surface area contributed by atoms with Gasteiger partial charge in [0.05, 0.1) is 25.3 Å². The topological polar surface area (TPSA) is 165 Å². The Hall–Kier alpha value is -5.18. The van der Waals surface area contributed by atoms with Gasteiger partial charge in [-0.2, -0.15) is 0 Å². The second kappa shape index (κ2) is 15.7. The first-order valence-corrected chi connectivity index (χ1v) is 15.4. The molecular weight excluding hydrogens is 590 g/mol. The lowest BCUT2D eigenvalue weighted by molar-refractivity contribution is -0.145. The van der Waals surface area contributed by atoms with Gasteiger partial charge in [0.1, 0.15) is 12.1 Å². The Morgan fingerprint density at radius 1 is 0.891 bits per heavy atom. The summed E-state index contributed by atoms with van der Waals surface area (Å²) in [5.41, 5.74) is 3.09. The zero-order valence-corrected chi connectivity index (χ0v) is 26.0. The molecule has 2 aliphatic heterocycles. The molecule has 4 N–H and O–H groups in total. The van der Waals surface area contributed by atoms with Crippen molar-refractivity contribution in [1.29, 1.82) is 0 Å². The number of fused-ring (bicyclic) bond motifs is 2. The van der Waals surface area contributed by atoms with Gasteiger partial charge in [-0.15, -0.1) is 0 Å². The highest BCUT2D eigenvalue weighted by Crippen LogP contribution is 2.26. The van der Waals surface area contributed by atoms with Crippen LogP contribution in [0.5, 0.6) is 0 Å². The molecular formula is C34H39N5O7. The number of carbonyl (C=O) groups is 6. The SMILES string of the molecule is CC[C@H](C)C(NC(=O)[C@@H]1CCCN1C(=O)CNC(=O)CNC(=O)CCC(=O)N1Cc2ccccc2C#Cc2ccccc21)C(=O)O. The fraction of sp³-hybridized carbons (Fsp3) is 0.412. The molecule has 0 aromatic heterocycles. The summed E-state index contributed by atoms with van der Waals surface area (Å²) < 4.78 is 0. The van der Waals surface area contributed by atoms with Crippen LogP contribution >= 0.6 is 0 Å². The molecule has 0 bridgehead atoms. The van der Waals surface area contributed by atoms with E-state index in [2.05, 4.69) is 27.8 Å². The van der Waals surface area contributed by atoms with Gasteiger partial charge >= 0.3 is 5.97 Å². The predicted molar refractivity (Wildman–Crippen MR) is 169 cm³/mol. The predicted octanol–water partition coefficient (Wildman–Crippen LogP) is 1.55. The molecule has 0 aliphatic carbocycles. The van der Waals surface area contributed by atoms with E-state index in [1.54, 1.807) is 11.8 Å². The van der Waals surface area contributed by atoms with Gasteiger partial charge < -0.3 is 30.9 Å². The number of benzene rings is 2. The van der Waals surface area contributed by atoms with Gasteiger partial charge in [-0.05, 0) is 42.5 Å². The monoisotopic (exact) mass is 629 g/mol. The van der Waals surface area contributed by atoms with Crippen LogP contribution < -0.4 is 20.9 Å². The van der Waals surface area contributed by atoms with Crippen molar-refractivity contribution in [3.8, 4) is 11.8 Å². The summed E-state index contributed by atoms with van der Waals surface area (Å²) in [6, 6.07) is 13.0. The molecule has 2 aliphatic rings. The Morgan fingerprint density at radius 3 is 2.30 bits per heavy atom. The van der Waals surface area contributed by atoms with E-state index in [1.807, 2.05) is 55.5 Å². The molecule has 242 valence electrons. The minimum atomic E-state index is -1.14. The van der Waals surface area contributed by atoms with Gasteiger partial charge in [0.15, 0.2) is 0 Å². The Kier molecular flexibility index (Phi) is 11.5. The van der Waals surface area contributed by atoms with E-state index in [0.29, 0.717) is 43.6 Å². The minimum Gasteiger partial charge on any atom is -0.480 e. The van der Waals surface area contributed by atoms with Crippen molar-refractivity contribution >= 4 is 41.2 Å². The number of carbonyl (C=O) groups excluding carboxylic acids is 5. The van der Waals surface area contributed by atoms with Crippen LogP contribution in [0.25, 0.3) is 0 Å². The maximum atomic E-state index is 13.3. The smallest absolute Gasteiger partial charge is 0.326 e. The van der Waals surface area contributed by atoms with Crippen LogP contribution in [0, 0.1) is 17.8 Å². The molecule has 1 unspecified atom stereocenters. The third-order valence-electron chi connectivity index (χ3n) is 8.27. The lowest BCUT2D eigenvalue weighted by Gasteiger charge is -2.27. The summed E-state index contributed by atoms with van der Waals surface area (Å²) >= 11 is 0. The van der Waals surface area contributed by atoms with Crippen molar-refractivity contribution in [2.75, 3.05) is 24.5 Å². The number of anilines is 1. The van der Waals surface area contributed by atoms with Crippen molar-refractivity contribution in [3.05, 3.63) is 65.2 Å². The maximum Gasteiger partial charge on any atom is 0.326 e. The number of hydrogen-bond donors (Lipinski definition) is 4. The highest BCUT2D eigenvalue weighted by Gasteiger charge is 2.36. The van der Waals surface area contributed by atoms with Gasteiger partial charge in [0.25, 0.3) is 0 Å². The number of carboxylic acids is 1. The highest BCUT2D eigenvalue weighted by molar-refractivity contribution is 5.97. The van der Waals surface area contributed by atoms with Crippen molar-refractivity contribution in [3.63, 3.8) is 0 Å². The zero-order valence-electron chi connectivity index (χ0n) is 26.0. The average molecular weight is 630 g/mol. The van der Waals surface area contributed by atoms with Gasteiger partial charge in [0, 0.05) is 30.5 Å². The van der Waals surface area contributed by atoms with E-state index in [9.17, 15) is 33.9 Å². The molecule has 4 rings (SSSR count). The van der Waals surface area contributed by atoms with Crippen LogP contribution in [0.3, 0.4) is 0 Å². The Bertz CT molecular complexity index is 1560. The second-order valence-electron chi connectivity index (χ2n) is 11.4. The molecule has 3 atom stereocenters. The first kappa shape index (κ1) is 33.7. The van der Waals surface area contributed by atoms with E-state index in [1.165, 1.54) is 4.90 Å². The first-order chi connectivity index (χ1) is 22.1. The summed E-state index contributed by atoms with van der Waals surface area (Å²) in [4.78, 5) is 78.5. The Balaban J connectivity index is 1.24. The molecule has 1 fully saturated rings. The minimum absolute atomic E-state index is 0.0892. The third-order valence-corrected chi connectivity index (χ3v) is 8.27. The summed E-state index contributed by atoms with van der Waals surface area (Å²) in [7, 11) is 0. The summed E-state index contributed by atoms with van der Waals surface area (Å²) in [6.07, 6.45) is 1.28. The van der Waals surface area contributed by atoms with Gasteiger partial charge in [-0.1, -0.05) is 62.4 Å². The number of nitrogens with zero attached hydrogens (tertiary/aromatic N) is 2. The van der Waals surface area contributed by atoms with E-state index < -0.39 is 48.2 Å². The lowest BCUT2D eigenvalue weighted by Crippen LogP contribution is -2.54. The third kappa shape index (κ3) is 8.50. The quantitative estimate of drug-likeness (QED) is 0.259. The number of rotatable bonds is 12. The average Bonchev–Trinajstić information content (AvgIpc) is 3.55. The normalized spacial score (nSPS) is 16.3. The molecule has 0 spiro atoms. The van der Waals surface area contributed by atoms with Crippen LogP contribution in [0.2, 0.25) is 0 Å². The standard InChI is InChI=1S/C34H39N5O7/c1-3-22(2)32(34(45)46)37-33(44)27-13-8-18-38(27)31(43)20-36-29(41)19-35-28(40)16-17-30(42)39-21-25-11-5-4-9-23(25)14-15-24-10-6-7-12-26(24)39/h4-7,9-12,22,27,32H,3,8,13,16-21H2,1-2H3,(H,35,40)(H,36,41)(H,37,44)(H,45,46)/t22-,27-,32?/m0/s1. The molecule has 0 saturated carbocycles. The van der Waals surface area contributed by atoms with Gasteiger partial charge in [-0.3, -0.25) is 24.0 Å².